The summed E-state index contributed by atoms with van der Waals surface area (Å²) in [6.07, 6.45) is 4.07. The van der Waals surface area contributed by atoms with E-state index in [1.165, 1.54) is 0 Å². The lowest BCUT2D eigenvalue weighted by Crippen LogP contribution is -2.35. The molecule has 9 nitrogen and oxygen atoms in total. The molecule has 0 bridgehead atoms. The summed E-state index contributed by atoms with van der Waals surface area (Å²) in [6, 6.07) is 12.5. The van der Waals surface area contributed by atoms with E-state index < -0.39 is 11.8 Å². The lowest BCUT2D eigenvalue weighted by Gasteiger charge is -2.32. The number of cyclic esters (lactones) is 1. The first-order valence-corrected chi connectivity index (χ1v) is 13.4. The van der Waals surface area contributed by atoms with E-state index in [2.05, 4.69) is 17.2 Å². The number of fused-ring (bicyclic) bond motifs is 1. The molecule has 9 heteroatoms. The summed E-state index contributed by atoms with van der Waals surface area (Å²) in [4.78, 5) is 25.1. The first-order valence-electron chi connectivity index (χ1n) is 13.4. The number of primary amides is 1. The van der Waals surface area contributed by atoms with Crippen LogP contribution in [0, 0.1) is 11.8 Å². The number of rotatable bonds is 11. The molecule has 3 N–H and O–H groups in total. The zero-order valence-corrected chi connectivity index (χ0v) is 22.7. The summed E-state index contributed by atoms with van der Waals surface area (Å²) in [7, 11) is 0. The molecule has 208 valence electrons. The van der Waals surface area contributed by atoms with Gasteiger partial charge in [-0.05, 0) is 48.7 Å². The fourth-order valence-electron chi connectivity index (χ4n) is 4.49. The molecule has 2 aliphatic heterocycles. The van der Waals surface area contributed by atoms with Crippen molar-refractivity contribution in [3.8, 4) is 17.6 Å². The minimum absolute atomic E-state index is 0.258. The van der Waals surface area contributed by atoms with Crippen molar-refractivity contribution in [2.75, 3.05) is 31.6 Å². The molecule has 0 radical (unpaired) electrons. The van der Waals surface area contributed by atoms with Crippen LogP contribution in [0.25, 0.3) is 0 Å². The molecular weight excluding hydrogens is 498 g/mol. The Hall–Kier alpha value is -3.74. The highest BCUT2D eigenvalue weighted by molar-refractivity contribution is 5.87. The molecule has 2 aliphatic rings. The maximum Gasteiger partial charge on any atom is 0.410 e. The number of nitrogens with zero attached hydrogens (tertiary/aromatic N) is 1. The van der Waals surface area contributed by atoms with E-state index in [1.807, 2.05) is 44.2 Å². The van der Waals surface area contributed by atoms with Gasteiger partial charge in [0.25, 0.3) is 0 Å². The zero-order chi connectivity index (χ0) is 27.7. The second kappa shape index (κ2) is 13.4. The van der Waals surface area contributed by atoms with Crippen molar-refractivity contribution in [3.63, 3.8) is 0 Å². The molecule has 2 aromatic rings. The molecule has 0 spiro atoms. The second-order valence-corrected chi connectivity index (χ2v) is 10.1. The number of unbranched alkanes of at least 4 members (excludes halogenated alkanes) is 3. The van der Waals surface area contributed by atoms with Gasteiger partial charge in [0.15, 0.2) is 0 Å². The molecule has 4 rings (SSSR count). The first-order chi connectivity index (χ1) is 18.8. The van der Waals surface area contributed by atoms with Crippen LogP contribution >= 0.6 is 0 Å². The average Bonchev–Trinajstić information content (AvgIpc) is 3.26. The molecular formula is C30H37N3O6. The number of carbonyl (C=O) groups excluding carboxylic acids is 2. The third-order valence-corrected chi connectivity index (χ3v) is 6.48. The van der Waals surface area contributed by atoms with Gasteiger partial charge in [-0.2, -0.15) is 0 Å². The lowest BCUT2D eigenvalue weighted by molar-refractivity contribution is -0.180. The van der Waals surface area contributed by atoms with Crippen LogP contribution in [0.5, 0.6) is 5.75 Å². The van der Waals surface area contributed by atoms with Gasteiger partial charge in [0, 0.05) is 50.2 Å². The highest BCUT2D eigenvalue weighted by Crippen LogP contribution is 2.35. The van der Waals surface area contributed by atoms with E-state index in [0.29, 0.717) is 45.0 Å². The summed E-state index contributed by atoms with van der Waals surface area (Å²) < 4.78 is 22.9. The van der Waals surface area contributed by atoms with Crippen LogP contribution in [-0.2, 0) is 20.8 Å². The van der Waals surface area contributed by atoms with Crippen LogP contribution in [0.4, 0.5) is 15.3 Å². The topological polar surface area (TPSA) is 112 Å². The Labute approximate surface area is 229 Å². The van der Waals surface area contributed by atoms with Crippen molar-refractivity contribution in [2.24, 2.45) is 5.73 Å². The molecule has 1 fully saturated rings. The Morgan fingerprint density at radius 1 is 1.15 bits per heavy atom. The van der Waals surface area contributed by atoms with E-state index in [-0.39, 0.29) is 12.2 Å². The van der Waals surface area contributed by atoms with Crippen LogP contribution in [0.15, 0.2) is 42.5 Å². The Balaban J connectivity index is 1.06. The molecule has 2 heterocycles. The van der Waals surface area contributed by atoms with Gasteiger partial charge in [0.05, 0.1) is 19.8 Å². The lowest BCUT2D eigenvalue weighted by atomic mass is 10.0. The third kappa shape index (κ3) is 8.63. The van der Waals surface area contributed by atoms with Crippen molar-refractivity contribution < 1.29 is 28.5 Å². The minimum atomic E-state index is -0.631. The summed E-state index contributed by atoms with van der Waals surface area (Å²) in [5.74, 6) is 6.33. The van der Waals surface area contributed by atoms with E-state index >= 15 is 0 Å². The Morgan fingerprint density at radius 3 is 2.85 bits per heavy atom. The van der Waals surface area contributed by atoms with Crippen molar-refractivity contribution in [1.82, 2.24) is 4.90 Å². The van der Waals surface area contributed by atoms with E-state index in [9.17, 15) is 9.59 Å². The Morgan fingerprint density at radius 2 is 2.00 bits per heavy atom. The summed E-state index contributed by atoms with van der Waals surface area (Å²) in [5, 5.41) is 2.54. The smallest absolute Gasteiger partial charge is 0.410 e. The molecule has 0 saturated carbocycles. The van der Waals surface area contributed by atoms with Gasteiger partial charge < -0.3 is 34.9 Å². The fourth-order valence-corrected chi connectivity index (χ4v) is 4.49. The second-order valence-electron chi connectivity index (χ2n) is 10.1. The van der Waals surface area contributed by atoms with Crippen molar-refractivity contribution in [1.29, 1.82) is 0 Å². The number of hydrogen-bond acceptors (Lipinski definition) is 6. The van der Waals surface area contributed by atoms with Gasteiger partial charge in [0.1, 0.15) is 11.9 Å². The quantitative estimate of drug-likeness (QED) is 0.297. The van der Waals surface area contributed by atoms with Gasteiger partial charge in [0.2, 0.25) is 5.79 Å². The van der Waals surface area contributed by atoms with Gasteiger partial charge in [-0.1, -0.05) is 36.8 Å². The Kier molecular flexibility index (Phi) is 9.69. The maximum atomic E-state index is 12.4. The summed E-state index contributed by atoms with van der Waals surface area (Å²) >= 11 is 0. The number of nitrogens with two attached hydrogens (primary N) is 1. The molecule has 0 aromatic heterocycles. The number of anilines is 1. The van der Waals surface area contributed by atoms with Gasteiger partial charge in [-0.15, -0.1) is 0 Å². The van der Waals surface area contributed by atoms with E-state index in [0.717, 1.165) is 48.1 Å². The average molecular weight is 536 g/mol. The number of ether oxygens (including phenoxy) is 4. The van der Waals surface area contributed by atoms with Crippen molar-refractivity contribution in [2.45, 2.75) is 64.4 Å². The molecule has 39 heavy (non-hydrogen) atoms. The highest BCUT2D eigenvalue weighted by Gasteiger charge is 2.33. The number of nitrogens with one attached hydrogen (secondary N) is 1. The number of carbonyl (C=O) groups is 2. The highest BCUT2D eigenvalue weighted by atomic mass is 16.7. The first kappa shape index (κ1) is 28.3. The monoisotopic (exact) mass is 535 g/mol. The fraction of sp³-hybridized carbons (Fsp3) is 0.467. The van der Waals surface area contributed by atoms with Crippen LogP contribution in [-0.4, -0.2) is 49.1 Å². The van der Waals surface area contributed by atoms with Gasteiger partial charge in [-0.3, -0.25) is 0 Å². The van der Waals surface area contributed by atoms with E-state index in [4.69, 9.17) is 24.7 Å². The zero-order valence-electron chi connectivity index (χ0n) is 22.7. The predicted molar refractivity (Wildman–Crippen MR) is 147 cm³/mol. The van der Waals surface area contributed by atoms with Crippen LogP contribution < -0.4 is 15.8 Å². The molecule has 0 unspecified atom stereocenters. The minimum Gasteiger partial charge on any atom is -0.463 e. The standard InChI is InChI=1S/C30H37N3O6/c1-30(2)37-21-24-19-23(13-14-26(24)39-30)27-20-33(29(35)38-27)15-6-3-4-7-16-36-17-8-5-10-22-11-9-12-25(18-22)32-28(31)34/h9,11-14,18-19,27H,3-4,6-8,15-17,20-21H2,1-2H3,(H3,31,32,34)/t27-/m0/s1. The largest absolute Gasteiger partial charge is 0.463 e. The van der Waals surface area contributed by atoms with Gasteiger partial charge in [-0.25, -0.2) is 9.59 Å². The number of urea groups is 1. The summed E-state index contributed by atoms with van der Waals surface area (Å²) in [6.45, 7) is 6.77. The number of benzene rings is 2. The Bertz CT molecular complexity index is 1220. The number of amides is 3. The molecule has 1 saturated heterocycles. The van der Waals surface area contributed by atoms with Gasteiger partial charge >= 0.3 is 12.1 Å². The van der Waals surface area contributed by atoms with Crippen LogP contribution in [0.3, 0.4) is 0 Å². The third-order valence-electron chi connectivity index (χ3n) is 6.48. The molecule has 2 aromatic carbocycles. The summed E-state index contributed by atoms with van der Waals surface area (Å²) in [5.41, 5.74) is 8.50. The van der Waals surface area contributed by atoms with E-state index in [1.54, 1.807) is 17.0 Å². The van der Waals surface area contributed by atoms with Crippen LogP contribution in [0.2, 0.25) is 0 Å². The van der Waals surface area contributed by atoms with Crippen molar-refractivity contribution in [3.05, 3.63) is 59.2 Å². The van der Waals surface area contributed by atoms with Crippen LogP contribution in [0.1, 0.15) is 68.7 Å². The molecule has 1 atom stereocenters. The maximum absolute atomic E-state index is 12.4. The normalized spacial score (nSPS) is 17.4. The van der Waals surface area contributed by atoms with Crippen molar-refractivity contribution >= 4 is 17.8 Å². The SMILES string of the molecule is CC1(C)OCc2cc([C@@H]3CN(CCCCCCOCCC#Cc4cccc(NC(N)=O)c4)C(=O)O3)ccc2O1. The molecule has 3 amide bonds. The number of hydrogen-bond donors (Lipinski definition) is 2. The predicted octanol–water partition coefficient (Wildman–Crippen LogP) is 5.33. The molecule has 0 aliphatic carbocycles.